The molecule has 0 atom stereocenters. The summed E-state index contributed by atoms with van der Waals surface area (Å²) in [5, 5.41) is 7.00. The van der Waals surface area contributed by atoms with Gasteiger partial charge in [0.15, 0.2) is 0 Å². The number of methoxy groups -OCH3 is 1. The van der Waals surface area contributed by atoms with Gasteiger partial charge in [-0.15, -0.1) is 0 Å². The van der Waals surface area contributed by atoms with Crippen molar-refractivity contribution >= 4 is 11.8 Å². The number of carbonyl (C=O) groups excluding carboxylic acids is 1. The summed E-state index contributed by atoms with van der Waals surface area (Å²) in [4.78, 5) is 13.9. The van der Waals surface area contributed by atoms with Crippen LogP contribution in [0.4, 0.5) is 5.82 Å². The summed E-state index contributed by atoms with van der Waals surface area (Å²) in [6, 6.07) is 9.79. The summed E-state index contributed by atoms with van der Waals surface area (Å²) >= 11 is 0. The number of aromatic nitrogens is 2. The Morgan fingerprint density at radius 3 is 2.81 bits per heavy atom. The van der Waals surface area contributed by atoms with Crippen molar-refractivity contribution in [1.82, 2.24) is 10.2 Å². The standard InChI is InChI=1S/C16H19N3O2/c1-21-16(20)14-4-2-3-13(11-14)12-6-9-19(10-7-12)15-5-8-17-18-15/h2-5,8,11-12H,6-7,9-10H2,1H3,(H,17,18). The highest BCUT2D eigenvalue weighted by molar-refractivity contribution is 5.89. The number of rotatable bonds is 3. The zero-order valence-electron chi connectivity index (χ0n) is 12.1. The van der Waals surface area contributed by atoms with Crippen molar-refractivity contribution in [2.75, 3.05) is 25.1 Å². The van der Waals surface area contributed by atoms with Gasteiger partial charge in [-0.1, -0.05) is 12.1 Å². The van der Waals surface area contributed by atoms with Gasteiger partial charge in [-0.05, 0) is 36.5 Å². The van der Waals surface area contributed by atoms with E-state index in [0.29, 0.717) is 11.5 Å². The Labute approximate surface area is 123 Å². The number of anilines is 1. The Balaban J connectivity index is 1.68. The highest BCUT2D eigenvalue weighted by atomic mass is 16.5. The molecule has 2 aromatic rings. The molecule has 0 aliphatic carbocycles. The minimum atomic E-state index is -0.272. The third-order valence-corrected chi connectivity index (χ3v) is 4.10. The Hall–Kier alpha value is -2.30. The predicted molar refractivity (Wildman–Crippen MR) is 80.6 cm³/mol. The molecule has 0 bridgehead atoms. The van der Waals surface area contributed by atoms with E-state index >= 15 is 0 Å². The first-order valence-corrected chi connectivity index (χ1v) is 7.20. The Kier molecular flexibility index (Phi) is 3.90. The molecule has 0 amide bonds. The van der Waals surface area contributed by atoms with Gasteiger partial charge in [0.2, 0.25) is 0 Å². The third-order valence-electron chi connectivity index (χ3n) is 4.10. The molecular formula is C16H19N3O2. The van der Waals surface area contributed by atoms with E-state index in [2.05, 4.69) is 21.2 Å². The van der Waals surface area contributed by atoms with Crippen LogP contribution >= 0.6 is 0 Å². The van der Waals surface area contributed by atoms with Gasteiger partial charge in [0.1, 0.15) is 5.82 Å². The summed E-state index contributed by atoms with van der Waals surface area (Å²) < 4.78 is 4.79. The fourth-order valence-corrected chi connectivity index (χ4v) is 2.92. The molecule has 0 spiro atoms. The quantitative estimate of drug-likeness (QED) is 0.881. The van der Waals surface area contributed by atoms with Gasteiger partial charge in [-0.2, -0.15) is 5.10 Å². The molecule has 1 aliphatic rings. The van der Waals surface area contributed by atoms with Gasteiger partial charge in [0.05, 0.1) is 18.9 Å². The largest absolute Gasteiger partial charge is 0.465 e. The van der Waals surface area contributed by atoms with Crippen molar-refractivity contribution in [1.29, 1.82) is 0 Å². The predicted octanol–water partition coefficient (Wildman–Crippen LogP) is 2.58. The number of hydrogen-bond donors (Lipinski definition) is 1. The molecule has 0 radical (unpaired) electrons. The number of nitrogens with one attached hydrogen (secondary N) is 1. The molecule has 0 saturated carbocycles. The van der Waals surface area contributed by atoms with Crippen molar-refractivity contribution in [2.24, 2.45) is 0 Å². The molecule has 5 nitrogen and oxygen atoms in total. The molecule has 1 saturated heterocycles. The maximum absolute atomic E-state index is 11.6. The van der Waals surface area contributed by atoms with Gasteiger partial charge < -0.3 is 9.64 Å². The van der Waals surface area contributed by atoms with E-state index in [1.165, 1.54) is 12.7 Å². The molecule has 0 unspecified atom stereocenters. The average Bonchev–Trinajstić information content (AvgIpc) is 3.09. The minimum absolute atomic E-state index is 0.272. The molecule has 1 aromatic heterocycles. The fraction of sp³-hybridized carbons (Fsp3) is 0.375. The fourth-order valence-electron chi connectivity index (χ4n) is 2.92. The van der Waals surface area contributed by atoms with E-state index in [1.807, 2.05) is 18.2 Å². The molecule has 1 N–H and O–H groups in total. The maximum atomic E-state index is 11.6. The van der Waals surface area contributed by atoms with Gasteiger partial charge in [-0.25, -0.2) is 4.79 Å². The number of benzene rings is 1. The normalized spacial score (nSPS) is 16.0. The first kappa shape index (κ1) is 13.7. The number of ether oxygens (including phenoxy) is 1. The van der Waals surface area contributed by atoms with Crippen LogP contribution in [0.15, 0.2) is 36.5 Å². The molecule has 2 heterocycles. The molecule has 1 fully saturated rings. The molecule has 1 aromatic carbocycles. The van der Waals surface area contributed by atoms with E-state index < -0.39 is 0 Å². The smallest absolute Gasteiger partial charge is 0.337 e. The van der Waals surface area contributed by atoms with E-state index in [-0.39, 0.29) is 5.97 Å². The summed E-state index contributed by atoms with van der Waals surface area (Å²) in [5.41, 5.74) is 1.85. The third kappa shape index (κ3) is 2.91. The second-order valence-electron chi connectivity index (χ2n) is 5.32. The number of carbonyl (C=O) groups is 1. The molecule has 21 heavy (non-hydrogen) atoms. The number of hydrogen-bond acceptors (Lipinski definition) is 4. The first-order valence-electron chi connectivity index (χ1n) is 7.20. The van der Waals surface area contributed by atoms with Crippen LogP contribution in [0.25, 0.3) is 0 Å². The number of esters is 1. The first-order chi connectivity index (χ1) is 10.3. The summed E-state index contributed by atoms with van der Waals surface area (Å²) in [5.74, 6) is 1.30. The van der Waals surface area contributed by atoms with Crippen molar-refractivity contribution in [3.63, 3.8) is 0 Å². The van der Waals surface area contributed by atoms with Crippen molar-refractivity contribution in [2.45, 2.75) is 18.8 Å². The van der Waals surface area contributed by atoms with Crippen molar-refractivity contribution in [3.8, 4) is 0 Å². The lowest BCUT2D eigenvalue weighted by molar-refractivity contribution is 0.0600. The topological polar surface area (TPSA) is 58.2 Å². The van der Waals surface area contributed by atoms with Gasteiger partial charge in [-0.3, -0.25) is 5.10 Å². The molecule has 5 heteroatoms. The van der Waals surface area contributed by atoms with E-state index in [9.17, 15) is 4.79 Å². The minimum Gasteiger partial charge on any atom is -0.465 e. The maximum Gasteiger partial charge on any atom is 0.337 e. The molecule has 1 aliphatic heterocycles. The number of aromatic amines is 1. The Morgan fingerprint density at radius 2 is 2.14 bits per heavy atom. The summed E-state index contributed by atoms with van der Waals surface area (Å²) in [6.45, 7) is 1.99. The van der Waals surface area contributed by atoms with Crippen LogP contribution in [-0.4, -0.2) is 36.4 Å². The van der Waals surface area contributed by atoms with Crippen molar-refractivity contribution < 1.29 is 9.53 Å². The van der Waals surface area contributed by atoms with E-state index in [4.69, 9.17) is 4.74 Å². The lowest BCUT2D eigenvalue weighted by atomic mass is 9.88. The van der Waals surface area contributed by atoms with Gasteiger partial charge >= 0.3 is 5.97 Å². The molecule has 3 rings (SSSR count). The summed E-state index contributed by atoms with van der Waals surface area (Å²) in [7, 11) is 1.41. The summed E-state index contributed by atoms with van der Waals surface area (Å²) in [6.07, 6.45) is 3.93. The van der Waals surface area contributed by atoms with Crippen molar-refractivity contribution in [3.05, 3.63) is 47.7 Å². The second kappa shape index (κ2) is 5.99. The van der Waals surface area contributed by atoms with E-state index in [1.54, 1.807) is 12.3 Å². The van der Waals surface area contributed by atoms with Crippen LogP contribution in [-0.2, 0) is 4.74 Å². The van der Waals surface area contributed by atoms with E-state index in [0.717, 1.165) is 31.7 Å². The van der Waals surface area contributed by atoms with Crippen LogP contribution in [0.2, 0.25) is 0 Å². The number of H-pyrrole nitrogens is 1. The van der Waals surface area contributed by atoms with Crippen LogP contribution in [0.1, 0.15) is 34.7 Å². The highest BCUT2D eigenvalue weighted by Crippen LogP contribution is 2.30. The van der Waals surface area contributed by atoms with Gasteiger partial charge in [0.25, 0.3) is 0 Å². The average molecular weight is 285 g/mol. The second-order valence-corrected chi connectivity index (χ2v) is 5.32. The monoisotopic (exact) mass is 285 g/mol. The van der Waals surface area contributed by atoms with Crippen LogP contribution < -0.4 is 4.90 Å². The molecule has 110 valence electrons. The van der Waals surface area contributed by atoms with Crippen LogP contribution in [0.3, 0.4) is 0 Å². The lowest BCUT2D eigenvalue weighted by Crippen LogP contribution is -2.33. The Morgan fingerprint density at radius 1 is 1.33 bits per heavy atom. The van der Waals surface area contributed by atoms with Crippen LogP contribution in [0.5, 0.6) is 0 Å². The zero-order valence-corrected chi connectivity index (χ0v) is 12.1. The van der Waals surface area contributed by atoms with Gasteiger partial charge in [0, 0.05) is 19.2 Å². The van der Waals surface area contributed by atoms with Crippen LogP contribution in [0, 0.1) is 0 Å². The highest BCUT2D eigenvalue weighted by Gasteiger charge is 2.22. The molecular weight excluding hydrogens is 266 g/mol. The Bertz CT molecular complexity index is 602. The zero-order chi connectivity index (χ0) is 14.7. The number of piperidine rings is 1. The number of nitrogens with zero attached hydrogens (tertiary/aromatic N) is 2. The lowest BCUT2D eigenvalue weighted by Gasteiger charge is -2.32. The SMILES string of the molecule is COC(=O)c1cccc(C2CCN(c3ccn[nH]3)CC2)c1.